The van der Waals surface area contributed by atoms with E-state index in [1.807, 2.05) is 18.2 Å². The maximum atomic E-state index is 6.12. The van der Waals surface area contributed by atoms with Crippen molar-refractivity contribution in [3.8, 4) is 0 Å². The minimum Gasteiger partial charge on any atom is -0.469 e. The number of benzene rings is 1. The molecular weight excluding hydrogens is 380 g/mol. The SMILES string of the molecule is C1=C(CN2CCN(c3ncnc4c3oc3ccccc34)CC2)C=C2OCOC23CC13. The molecule has 2 unspecified atom stereocenters. The van der Waals surface area contributed by atoms with Crippen molar-refractivity contribution in [1.82, 2.24) is 14.9 Å². The molecule has 2 aliphatic heterocycles. The van der Waals surface area contributed by atoms with Crippen molar-refractivity contribution in [3.05, 3.63) is 54.1 Å². The molecule has 30 heavy (non-hydrogen) atoms. The highest BCUT2D eigenvalue weighted by Crippen LogP contribution is 2.58. The zero-order valence-electron chi connectivity index (χ0n) is 16.6. The van der Waals surface area contributed by atoms with Crippen LogP contribution in [0.15, 0.2) is 58.5 Å². The van der Waals surface area contributed by atoms with Gasteiger partial charge in [0.05, 0.1) is 0 Å². The third-order valence-electron chi connectivity index (χ3n) is 6.86. The summed E-state index contributed by atoms with van der Waals surface area (Å²) in [5, 5.41) is 1.04. The summed E-state index contributed by atoms with van der Waals surface area (Å²) in [4.78, 5) is 13.9. The number of rotatable bonds is 3. The third kappa shape index (κ3) is 2.39. The molecule has 1 saturated carbocycles. The van der Waals surface area contributed by atoms with Crippen LogP contribution in [0.25, 0.3) is 22.1 Å². The van der Waals surface area contributed by atoms with Gasteiger partial charge in [0.1, 0.15) is 28.8 Å². The minimum atomic E-state index is -0.104. The average molecular weight is 402 g/mol. The van der Waals surface area contributed by atoms with Gasteiger partial charge in [-0.05, 0) is 30.2 Å². The van der Waals surface area contributed by atoms with Gasteiger partial charge in [-0.1, -0.05) is 18.2 Å². The first-order valence-electron chi connectivity index (χ1n) is 10.6. The lowest BCUT2D eigenvalue weighted by Gasteiger charge is -2.35. The van der Waals surface area contributed by atoms with Crippen LogP contribution in [-0.4, -0.2) is 60.0 Å². The quantitative estimate of drug-likeness (QED) is 0.667. The van der Waals surface area contributed by atoms with E-state index in [1.165, 1.54) is 5.57 Å². The molecule has 0 bridgehead atoms. The number of piperazine rings is 1. The lowest BCUT2D eigenvalue weighted by molar-refractivity contribution is 0.0363. The Balaban J connectivity index is 1.09. The second-order valence-corrected chi connectivity index (χ2v) is 8.59. The molecule has 2 atom stereocenters. The molecule has 7 rings (SSSR count). The van der Waals surface area contributed by atoms with Crippen molar-refractivity contribution in [1.29, 1.82) is 0 Å². The van der Waals surface area contributed by atoms with Crippen molar-refractivity contribution in [2.24, 2.45) is 5.92 Å². The molecule has 7 nitrogen and oxygen atoms in total. The molecule has 152 valence electrons. The number of aromatic nitrogens is 2. The molecule has 4 aliphatic rings. The van der Waals surface area contributed by atoms with E-state index in [4.69, 9.17) is 13.9 Å². The van der Waals surface area contributed by atoms with E-state index < -0.39 is 0 Å². The van der Waals surface area contributed by atoms with Gasteiger partial charge in [0.15, 0.2) is 18.2 Å². The van der Waals surface area contributed by atoms with Crippen LogP contribution in [0.3, 0.4) is 0 Å². The molecule has 2 aromatic heterocycles. The van der Waals surface area contributed by atoms with E-state index in [1.54, 1.807) is 6.33 Å². The highest BCUT2D eigenvalue weighted by atomic mass is 16.7. The fourth-order valence-electron chi connectivity index (χ4n) is 5.15. The molecule has 3 aromatic rings. The smallest absolute Gasteiger partial charge is 0.196 e. The van der Waals surface area contributed by atoms with E-state index in [0.29, 0.717) is 12.7 Å². The molecule has 1 aromatic carbocycles. The predicted octanol–water partition coefficient (Wildman–Crippen LogP) is 3.08. The van der Waals surface area contributed by atoms with Crippen LogP contribution in [0, 0.1) is 5.92 Å². The van der Waals surface area contributed by atoms with Gasteiger partial charge in [-0.15, -0.1) is 0 Å². The summed E-state index contributed by atoms with van der Waals surface area (Å²) in [6.45, 7) is 5.16. The zero-order valence-corrected chi connectivity index (χ0v) is 16.6. The Morgan fingerprint density at radius 3 is 2.93 bits per heavy atom. The van der Waals surface area contributed by atoms with Crippen LogP contribution in [0.1, 0.15) is 6.42 Å². The monoisotopic (exact) mass is 402 g/mol. The van der Waals surface area contributed by atoms with Gasteiger partial charge in [-0.3, -0.25) is 4.90 Å². The van der Waals surface area contributed by atoms with Crippen LogP contribution >= 0.6 is 0 Å². The number of anilines is 1. The highest BCUT2D eigenvalue weighted by Gasteiger charge is 2.62. The van der Waals surface area contributed by atoms with Crippen LogP contribution < -0.4 is 4.90 Å². The lowest BCUT2D eigenvalue weighted by atomic mass is 10.0. The maximum absolute atomic E-state index is 6.12. The summed E-state index contributed by atoms with van der Waals surface area (Å²) in [6.07, 6.45) is 7.30. The summed E-state index contributed by atoms with van der Waals surface area (Å²) in [6, 6.07) is 8.04. The second kappa shape index (κ2) is 6.06. The second-order valence-electron chi connectivity index (χ2n) is 8.59. The van der Waals surface area contributed by atoms with Gasteiger partial charge >= 0.3 is 0 Å². The van der Waals surface area contributed by atoms with Crippen LogP contribution in [0.2, 0.25) is 0 Å². The summed E-state index contributed by atoms with van der Waals surface area (Å²) in [5.74, 6) is 2.43. The first-order valence-corrected chi connectivity index (χ1v) is 10.6. The van der Waals surface area contributed by atoms with Crippen molar-refractivity contribution in [2.75, 3.05) is 44.4 Å². The lowest BCUT2D eigenvalue weighted by Crippen LogP contribution is -2.47. The average Bonchev–Trinajstić information content (AvgIpc) is 3.14. The highest BCUT2D eigenvalue weighted by molar-refractivity contribution is 6.05. The Kier molecular flexibility index (Phi) is 3.40. The molecule has 7 heteroatoms. The molecule has 1 spiro atoms. The van der Waals surface area contributed by atoms with Crippen molar-refractivity contribution in [2.45, 2.75) is 12.0 Å². The summed E-state index contributed by atoms with van der Waals surface area (Å²) in [7, 11) is 0. The van der Waals surface area contributed by atoms with E-state index >= 15 is 0 Å². The fraction of sp³-hybridized carbons (Fsp3) is 0.391. The minimum absolute atomic E-state index is 0.104. The summed E-state index contributed by atoms with van der Waals surface area (Å²) < 4.78 is 17.6. The van der Waals surface area contributed by atoms with Crippen LogP contribution in [0.4, 0.5) is 5.82 Å². The maximum Gasteiger partial charge on any atom is 0.196 e. The Morgan fingerprint density at radius 2 is 2.00 bits per heavy atom. The Bertz CT molecular complexity index is 1220. The molecule has 0 radical (unpaired) electrons. The Hall–Kier alpha value is -2.90. The number of hydrogen-bond acceptors (Lipinski definition) is 7. The van der Waals surface area contributed by atoms with Crippen molar-refractivity contribution >= 4 is 27.9 Å². The number of ether oxygens (including phenoxy) is 2. The van der Waals surface area contributed by atoms with Gasteiger partial charge in [-0.25, -0.2) is 9.97 Å². The molecule has 3 fully saturated rings. The van der Waals surface area contributed by atoms with Crippen LogP contribution in [0.5, 0.6) is 0 Å². The van der Waals surface area contributed by atoms with E-state index in [9.17, 15) is 0 Å². The normalized spacial score (nSPS) is 28.1. The number of fused-ring (bicyclic) bond motifs is 3. The molecule has 0 amide bonds. The van der Waals surface area contributed by atoms with Gasteiger partial charge in [0, 0.05) is 44.0 Å². The van der Waals surface area contributed by atoms with Crippen molar-refractivity contribution < 1.29 is 13.9 Å². The van der Waals surface area contributed by atoms with Gasteiger partial charge in [0.2, 0.25) is 0 Å². The summed E-state index contributed by atoms with van der Waals surface area (Å²) in [5.41, 5.74) is 3.79. The van der Waals surface area contributed by atoms with Crippen LogP contribution in [-0.2, 0) is 9.47 Å². The standard InChI is InChI=1S/C23H22N4O3/c1-2-4-18-17(3-1)20-21(30-18)22(25-13-24-20)27-7-5-26(6-8-27)12-15-9-16-11-23(16)19(10-15)28-14-29-23/h1-4,9-10,13,16H,5-8,11-12,14H2. The third-order valence-corrected chi connectivity index (χ3v) is 6.86. The van der Waals surface area contributed by atoms with Gasteiger partial charge in [-0.2, -0.15) is 0 Å². The van der Waals surface area contributed by atoms with E-state index in [-0.39, 0.29) is 5.60 Å². The number of hydrogen-bond donors (Lipinski definition) is 0. The van der Waals surface area contributed by atoms with Gasteiger partial charge < -0.3 is 18.8 Å². The Morgan fingerprint density at radius 1 is 1.10 bits per heavy atom. The first kappa shape index (κ1) is 16.8. The van der Waals surface area contributed by atoms with Crippen molar-refractivity contribution in [3.63, 3.8) is 0 Å². The molecular formula is C23H22N4O3. The summed E-state index contributed by atoms with van der Waals surface area (Å²) >= 11 is 0. The molecule has 2 aliphatic carbocycles. The predicted molar refractivity (Wildman–Crippen MR) is 112 cm³/mol. The zero-order chi connectivity index (χ0) is 19.7. The Labute approximate surface area is 173 Å². The fourth-order valence-corrected chi connectivity index (χ4v) is 5.15. The van der Waals surface area contributed by atoms with E-state index in [2.05, 4.69) is 38.0 Å². The number of furan rings is 1. The number of para-hydroxylation sites is 1. The largest absolute Gasteiger partial charge is 0.469 e. The van der Waals surface area contributed by atoms with E-state index in [0.717, 1.165) is 72.8 Å². The van der Waals surface area contributed by atoms with Gasteiger partial charge in [0.25, 0.3) is 0 Å². The molecule has 0 N–H and O–H groups in total. The molecule has 4 heterocycles. The number of nitrogens with zero attached hydrogens (tertiary/aromatic N) is 4. The first-order chi connectivity index (χ1) is 14.8. The topological polar surface area (TPSA) is 63.9 Å². The molecule has 2 saturated heterocycles.